The Labute approximate surface area is 166 Å². The molecule has 1 N–H and O–H groups in total. The normalized spacial score (nSPS) is 14.3. The zero-order chi connectivity index (χ0) is 20.0. The van der Waals surface area contributed by atoms with Crippen molar-refractivity contribution < 1.29 is 17.9 Å². The number of amides is 1. The highest BCUT2D eigenvalue weighted by Gasteiger charge is 2.26. The summed E-state index contributed by atoms with van der Waals surface area (Å²) in [5, 5.41) is 2.72. The maximum Gasteiger partial charge on any atom is 0.220 e. The second-order valence-corrected chi connectivity index (χ2v) is 8.96. The van der Waals surface area contributed by atoms with E-state index in [-0.39, 0.29) is 18.2 Å². The van der Waals surface area contributed by atoms with Gasteiger partial charge in [-0.05, 0) is 41.7 Å². The SMILES string of the molecule is COc1ccc2c(c1)CCN(S(=O)(=O)CCNC(=O)CCc1ccccc1)C2. The number of methoxy groups -OCH3 is 1. The van der Waals surface area contributed by atoms with Gasteiger partial charge in [-0.3, -0.25) is 4.79 Å². The number of hydrogen-bond acceptors (Lipinski definition) is 4. The summed E-state index contributed by atoms with van der Waals surface area (Å²) in [5.74, 6) is 0.568. The van der Waals surface area contributed by atoms with Crippen molar-refractivity contribution in [3.05, 3.63) is 65.2 Å². The molecule has 0 aliphatic carbocycles. The average Bonchev–Trinajstić information content (AvgIpc) is 2.72. The number of fused-ring (bicyclic) bond motifs is 1. The molecule has 0 saturated carbocycles. The van der Waals surface area contributed by atoms with Gasteiger partial charge in [0.25, 0.3) is 0 Å². The molecule has 28 heavy (non-hydrogen) atoms. The molecule has 0 spiro atoms. The van der Waals surface area contributed by atoms with E-state index in [1.807, 2.05) is 48.5 Å². The molecule has 3 rings (SSSR count). The molecule has 0 bridgehead atoms. The molecule has 2 aromatic rings. The Bertz CT molecular complexity index is 913. The minimum absolute atomic E-state index is 0.0877. The van der Waals surface area contributed by atoms with E-state index in [4.69, 9.17) is 4.74 Å². The van der Waals surface area contributed by atoms with E-state index in [9.17, 15) is 13.2 Å². The summed E-state index contributed by atoms with van der Waals surface area (Å²) >= 11 is 0. The van der Waals surface area contributed by atoms with Crippen molar-refractivity contribution in [2.75, 3.05) is 26.0 Å². The smallest absolute Gasteiger partial charge is 0.220 e. The lowest BCUT2D eigenvalue weighted by Gasteiger charge is -2.28. The first-order valence-corrected chi connectivity index (χ1v) is 11.0. The maximum atomic E-state index is 12.6. The standard InChI is InChI=1S/C21H26N2O4S/c1-27-20-9-8-19-16-23(13-11-18(19)15-20)28(25,26)14-12-22-21(24)10-7-17-5-3-2-4-6-17/h2-6,8-9,15H,7,10-14,16H2,1H3,(H,22,24). The number of carbonyl (C=O) groups is 1. The first-order valence-electron chi connectivity index (χ1n) is 9.42. The topological polar surface area (TPSA) is 75.7 Å². The van der Waals surface area contributed by atoms with Gasteiger partial charge < -0.3 is 10.1 Å². The maximum absolute atomic E-state index is 12.6. The fraction of sp³-hybridized carbons (Fsp3) is 0.381. The fourth-order valence-electron chi connectivity index (χ4n) is 3.31. The molecule has 0 atom stereocenters. The predicted octanol–water partition coefficient (Wildman–Crippen LogP) is 2.13. The zero-order valence-corrected chi connectivity index (χ0v) is 16.9. The van der Waals surface area contributed by atoms with Gasteiger partial charge in [0.05, 0.1) is 12.9 Å². The molecule has 0 fully saturated rings. The Hall–Kier alpha value is -2.38. The first-order chi connectivity index (χ1) is 13.5. The third-order valence-electron chi connectivity index (χ3n) is 4.95. The van der Waals surface area contributed by atoms with E-state index in [1.165, 1.54) is 4.31 Å². The molecule has 150 valence electrons. The second-order valence-electron chi connectivity index (χ2n) is 6.87. The van der Waals surface area contributed by atoms with E-state index in [0.717, 1.165) is 22.4 Å². The first kappa shape index (κ1) is 20.4. The van der Waals surface area contributed by atoms with Crippen LogP contribution in [0.25, 0.3) is 0 Å². The van der Waals surface area contributed by atoms with Gasteiger partial charge in [0, 0.05) is 26.1 Å². The highest BCUT2D eigenvalue weighted by atomic mass is 32.2. The summed E-state index contributed by atoms with van der Waals surface area (Å²) in [4.78, 5) is 12.0. The Morgan fingerprint density at radius 3 is 2.68 bits per heavy atom. The molecule has 7 heteroatoms. The van der Waals surface area contributed by atoms with Crippen LogP contribution >= 0.6 is 0 Å². The molecule has 0 unspecified atom stereocenters. The molecule has 2 aromatic carbocycles. The van der Waals surface area contributed by atoms with E-state index >= 15 is 0 Å². The van der Waals surface area contributed by atoms with E-state index in [0.29, 0.717) is 32.4 Å². The summed E-state index contributed by atoms with van der Waals surface area (Å²) in [6, 6.07) is 15.5. The van der Waals surface area contributed by atoms with Crippen molar-refractivity contribution in [3.8, 4) is 5.75 Å². The van der Waals surface area contributed by atoms with Gasteiger partial charge in [-0.2, -0.15) is 4.31 Å². The van der Waals surface area contributed by atoms with E-state index in [2.05, 4.69) is 5.32 Å². The molecule has 1 aliphatic rings. The third kappa shape index (κ3) is 5.33. The van der Waals surface area contributed by atoms with Crippen molar-refractivity contribution in [2.45, 2.75) is 25.8 Å². The predicted molar refractivity (Wildman–Crippen MR) is 109 cm³/mol. The third-order valence-corrected chi connectivity index (χ3v) is 6.77. The van der Waals surface area contributed by atoms with E-state index < -0.39 is 10.0 Å². The number of sulfonamides is 1. The number of nitrogens with one attached hydrogen (secondary N) is 1. The van der Waals surface area contributed by atoms with Crippen LogP contribution in [-0.4, -0.2) is 44.6 Å². The van der Waals surface area contributed by atoms with Crippen molar-refractivity contribution in [1.82, 2.24) is 9.62 Å². The van der Waals surface area contributed by atoms with Gasteiger partial charge in [-0.15, -0.1) is 0 Å². The van der Waals surface area contributed by atoms with Crippen molar-refractivity contribution in [1.29, 1.82) is 0 Å². The highest BCUT2D eigenvalue weighted by molar-refractivity contribution is 7.89. The van der Waals surface area contributed by atoms with Crippen molar-refractivity contribution >= 4 is 15.9 Å². The number of rotatable bonds is 8. The van der Waals surface area contributed by atoms with Crippen LogP contribution in [0.3, 0.4) is 0 Å². The number of hydrogen-bond donors (Lipinski definition) is 1. The van der Waals surface area contributed by atoms with Gasteiger partial charge >= 0.3 is 0 Å². The highest BCUT2D eigenvalue weighted by Crippen LogP contribution is 2.25. The zero-order valence-electron chi connectivity index (χ0n) is 16.1. The van der Waals surface area contributed by atoms with Crippen LogP contribution in [0, 0.1) is 0 Å². The van der Waals surface area contributed by atoms with Crippen LogP contribution in [-0.2, 0) is 34.2 Å². The van der Waals surface area contributed by atoms with Crippen LogP contribution in [0.2, 0.25) is 0 Å². The second kappa shape index (κ2) is 9.21. The monoisotopic (exact) mass is 402 g/mol. The Morgan fingerprint density at radius 2 is 1.93 bits per heavy atom. The molecule has 1 aliphatic heterocycles. The fourth-order valence-corrected chi connectivity index (χ4v) is 4.63. The minimum Gasteiger partial charge on any atom is -0.497 e. The summed E-state index contributed by atoms with van der Waals surface area (Å²) in [6.45, 7) is 0.940. The Morgan fingerprint density at radius 1 is 1.14 bits per heavy atom. The molecule has 1 heterocycles. The quantitative estimate of drug-likeness (QED) is 0.734. The molecule has 0 saturated heterocycles. The number of aryl methyl sites for hydroxylation is 1. The summed E-state index contributed by atoms with van der Waals surface area (Å²) in [5.41, 5.74) is 3.22. The lowest BCUT2D eigenvalue weighted by atomic mass is 10.0. The molecular formula is C21H26N2O4S. The van der Waals surface area contributed by atoms with Crippen molar-refractivity contribution in [3.63, 3.8) is 0 Å². The number of carbonyl (C=O) groups excluding carboxylic acids is 1. The number of benzene rings is 2. The summed E-state index contributed by atoms with van der Waals surface area (Å²) in [7, 11) is -1.80. The van der Waals surface area contributed by atoms with Crippen LogP contribution in [0.1, 0.15) is 23.1 Å². The van der Waals surface area contributed by atoms with Crippen molar-refractivity contribution in [2.24, 2.45) is 0 Å². The van der Waals surface area contributed by atoms with Gasteiger partial charge in [0.1, 0.15) is 5.75 Å². The minimum atomic E-state index is -3.42. The Kier molecular flexibility index (Phi) is 6.70. The summed E-state index contributed by atoms with van der Waals surface area (Å²) in [6.07, 6.45) is 1.66. The molecule has 1 amide bonds. The Balaban J connectivity index is 1.46. The van der Waals surface area contributed by atoms with Crippen LogP contribution in [0.5, 0.6) is 5.75 Å². The van der Waals surface area contributed by atoms with Gasteiger partial charge in [0.15, 0.2) is 0 Å². The van der Waals surface area contributed by atoms with Crippen LogP contribution < -0.4 is 10.1 Å². The van der Waals surface area contributed by atoms with Crippen LogP contribution in [0.15, 0.2) is 48.5 Å². The van der Waals surface area contributed by atoms with Crippen LogP contribution in [0.4, 0.5) is 0 Å². The molecular weight excluding hydrogens is 376 g/mol. The van der Waals surface area contributed by atoms with Gasteiger partial charge in [0.2, 0.25) is 15.9 Å². The lowest BCUT2D eigenvalue weighted by molar-refractivity contribution is -0.120. The van der Waals surface area contributed by atoms with E-state index in [1.54, 1.807) is 7.11 Å². The number of ether oxygens (including phenoxy) is 1. The lowest BCUT2D eigenvalue weighted by Crippen LogP contribution is -2.40. The summed E-state index contributed by atoms with van der Waals surface area (Å²) < 4.78 is 32.0. The molecule has 6 nitrogen and oxygen atoms in total. The largest absolute Gasteiger partial charge is 0.497 e. The molecule has 0 aromatic heterocycles. The number of nitrogens with zero attached hydrogens (tertiary/aromatic N) is 1. The average molecular weight is 403 g/mol. The van der Waals surface area contributed by atoms with Gasteiger partial charge in [-0.25, -0.2) is 8.42 Å². The van der Waals surface area contributed by atoms with Gasteiger partial charge in [-0.1, -0.05) is 36.4 Å². The molecule has 0 radical (unpaired) electrons.